The molecule has 0 aliphatic heterocycles. The first kappa shape index (κ1) is 15.8. The highest BCUT2D eigenvalue weighted by atomic mass is 127. The molecule has 21 heavy (non-hydrogen) atoms. The van der Waals surface area contributed by atoms with Crippen molar-refractivity contribution in [1.29, 1.82) is 0 Å². The van der Waals surface area contributed by atoms with Gasteiger partial charge in [-0.25, -0.2) is 0 Å². The summed E-state index contributed by atoms with van der Waals surface area (Å²) in [5.41, 5.74) is 1.76. The Hall–Kier alpha value is -1.63. The predicted octanol–water partition coefficient (Wildman–Crippen LogP) is 4.59. The Kier molecular flexibility index (Phi) is 4.82. The summed E-state index contributed by atoms with van der Waals surface area (Å²) in [6.07, 6.45) is 0. The largest absolute Gasteiger partial charge is 0.379 e. The van der Waals surface area contributed by atoms with Gasteiger partial charge in [-0.05, 0) is 40.3 Å². The van der Waals surface area contributed by atoms with Crippen LogP contribution in [0.5, 0.6) is 0 Å². The van der Waals surface area contributed by atoms with Crippen LogP contribution in [0.2, 0.25) is 0 Å². The van der Waals surface area contributed by atoms with Gasteiger partial charge in [0.1, 0.15) is 5.69 Å². The number of nitro groups is 1. The van der Waals surface area contributed by atoms with E-state index in [4.69, 9.17) is 0 Å². The molecule has 4 nitrogen and oxygen atoms in total. The summed E-state index contributed by atoms with van der Waals surface area (Å²) in [6, 6.07) is 15.4. The van der Waals surface area contributed by atoms with Crippen LogP contribution < -0.4 is 5.32 Å². The maximum atomic E-state index is 11.1. The molecule has 1 N–H and O–H groups in total. The van der Waals surface area contributed by atoms with Crippen LogP contribution in [0.4, 0.5) is 11.4 Å². The quantitative estimate of drug-likeness (QED) is 0.457. The number of hydrogen-bond acceptors (Lipinski definition) is 3. The van der Waals surface area contributed by atoms with Crippen molar-refractivity contribution in [1.82, 2.24) is 0 Å². The number of nitro benzene ring substituents is 1. The lowest BCUT2D eigenvalue weighted by atomic mass is 9.84. The minimum absolute atomic E-state index is 0.113. The van der Waals surface area contributed by atoms with Gasteiger partial charge < -0.3 is 5.32 Å². The van der Waals surface area contributed by atoms with Crippen molar-refractivity contribution in [3.63, 3.8) is 0 Å². The fourth-order valence-corrected chi connectivity index (χ4v) is 2.59. The molecule has 0 atom stereocenters. The van der Waals surface area contributed by atoms with Gasteiger partial charge in [0.2, 0.25) is 0 Å². The average Bonchev–Trinajstić information content (AvgIpc) is 2.47. The van der Waals surface area contributed by atoms with Crippen molar-refractivity contribution in [2.75, 3.05) is 11.9 Å². The van der Waals surface area contributed by atoms with E-state index in [1.807, 2.05) is 24.3 Å². The Labute approximate surface area is 137 Å². The molecule has 2 rings (SSSR count). The van der Waals surface area contributed by atoms with Gasteiger partial charge in [-0.1, -0.05) is 44.2 Å². The van der Waals surface area contributed by atoms with Gasteiger partial charge in [0.15, 0.2) is 0 Å². The van der Waals surface area contributed by atoms with Crippen molar-refractivity contribution < 1.29 is 4.92 Å². The molecule has 0 spiro atoms. The summed E-state index contributed by atoms with van der Waals surface area (Å²) >= 11 is 2.08. The summed E-state index contributed by atoms with van der Waals surface area (Å²) in [4.78, 5) is 10.8. The molecule has 0 unspecified atom stereocenters. The van der Waals surface area contributed by atoms with Gasteiger partial charge in [0.05, 0.1) is 4.92 Å². The third kappa shape index (κ3) is 3.93. The molecular formula is C16H17IN2O2. The van der Waals surface area contributed by atoms with Crippen molar-refractivity contribution in [2.45, 2.75) is 19.3 Å². The number of benzene rings is 2. The average molecular weight is 396 g/mol. The standard InChI is InChI=1S/C16H17IN2O2/c1-16(2,12-6-4-3-5-7-12)11-18-14-9-8-13(17)10-15(14)19(20)21/h3-10,18H,11H2,1-2H3. The summed E-state index contributed by atoms with van der Waals surface area (Å²) in [6.45, 7) is 4.86. The topological polar surface area (TPSA) is 55.2 Å². The maximum Gasteiger partial charge on any atom is 0.293 e. The van der Waals surface area contributed by atoms with Gasteiger partial charge in [-0.3, -0.25) is 10.1 Å². The Bertz CT molecular complexity index is 642. The molecule has 0 saturated carbocycles. The number of nitrogens with zero attached hydrogens (tertiary/aromatic N) is 1. The molecule has 0 fully saturated rings. The zero-order chi connectivity index (χ0) is 15.5. The van der Waals surface area contributed by atoms with E-state index in [2.05, 4.69) is 53.9 Å². The van der Waals surface area contributed by atoms with Crippen LogP contribution in [0, 0.1) is 13.7 Å². The van der Waals surface area contributed by atoms with E-state index in [-0.39, 0.29) is 16.0 Å². The smallest absolute Gasteiger partial charge is 0.293 e. The van der Waals surface area contributed by atoms with Crippen molar-refractivity contribution in [2.24, 2.45) is 0 Å². The van der Waals surface area contributed by atoms with Gasteiger partial charge in [0, 0.05) is 21.6 Å². The lowest BCUT2D eigenvalue weighted by Gasteiger charge is -2.26. The minimum Gasteiger partial charge on any atom is -0.379 e. The highest BCUT2D eigenvalue weighted by Crippen LogP contribution is 2.29. The zero-order valence-corrected chi connectivity index (χ0v) is 14.1. The fraction of sp³-hybridized carbons (Fsp3) is 0.250. The molecule has 0 aliphatic carbocycles. The van der Waals surface area contributed by atoms with Gasteiger partial charge in [-0.2, -0.15) is 0 Å². The number of hydrogen-bond donors (Lipinski definition) is 1. The van der Waals surface area contributed by atoms with Crippen molar-refractivity contribution in [3.05, 3.63) is 67.8 Å². The van der Waals surface area contributed by atoms with E-state index >= 15 is 0 Å². The fourth-order valence-electron chi connectivity index (χ4n) is 2.11. The Morgan fingerprint density at radius 1 is 1.19 bits per heavy atom. The molecule has 0 saturated heterocycles. The number of halogens is 1. The van der Waals surface area contributed by atoms with E-state index in [1.165, 1.54) is 5.56 Å². The molecule has 2 aromatic rings. The Balaban J connectivity index is 2.18. The Morgan fingerprint density at radius 2 is 1.86 bits per heavy atom. The van der Waals surface area contributed by atoms with E-state index in [9.17, 15) is 10.1 Å². The summed E-state index contributed by atoms with van der Waals surface area (Å²) in [7, 11) is 0. The number of rotatable bonds is 5. The van der Waals surface area contributed by atoms with Crippen LogP contribution in [-0.2, 0) is 5.41 Å². The molecule has 110 valence electrons. The highest BCUT2D eigenvalue weighted by molar-refractivity contribution is 14.1. The highest BCUT2D eigenvalue weighted by Gasteiger charge is 2.22. The normalized spacial score (nSPS) is 11.2. The number of nitrogens with one attached hydrogen (secondary N) is 1. The molecule has 0 amide bonds. The molecular weight excluding hydrogens is 379 g/mol. The van der Waals surface area contributed by atoms with Crippen LogP contribution in [0.25, 0.3) is 0 Å². The molecule has 0 aliphatic rings. The second-order valence-electron chi connectivity index (χ2n) is 5.52. The first-order valence-electron chi connectivity index (χ1n) is 6.63. The lowest BCUT2D eigenvalue weighted by molar-refractivity contribution is -0.384. The molecule has 5 heteroatoms. The van der Waals surface area contributed by atoms with Crippen molar-refractivity contribution >= 4 is 34.0 Å². The maximum absolute atomic E-state index is 11.1. The number of anilines is 1. The summed E-state index contributed by atoms with van der Waals surface area (Å²) in [5.74, 6) is 0. The van der Waals surface area contributed by atoms with Crippen LogP contribution in [0.1, 0.15) is 19.4 Å². The second kappa shape index (κ2) is 6.43. The molecule has 0 heterocycles. The van der Waals surface area contributed by atoms with E-state index in [0.717, 1.165) is 3.57 Å². The monoisotopic (exact) mass is 396 g/mol. The molecule has 0 bridgehead atoms. The molecule has 0 radical (unpaired) electrons. The summed E-state index contributed by atoms with van der Waals surface area (Å²) < 4.78 is 0.854. The second-order valence-corrected chi connectivity index (χ2v) is 6.77. The zero-order valence-electron chi connectivity index (χ0n) is 12.0. The van der Waals surface area contributed by atoms with Crippen LogP contribution in [-0.4, -0.2) is 11.5 Å². The van der Waals surface area contributed by atoms with Gasteiger partial charge >= 0.3 is 0 Å². The Morgan fingerprint density at radius 3 is 2.48 bits per heavy atom. The summed E-state index contributed by atoms with van der Waals surface area (Å²) in [5, 5.41) is 14.3. The first-order valence-corrected chi connectivity index (χ1v) is 7.71. The first-order chi connectivity index (χ1) is 9.90. The van der Waals surface area contributed by atoms with Gasteiger partial charge in [-0.15, -0.1) is 0 Å². The van der Waals surface area contributed by atoms with Crippen LogP contribution in [0.3, 0.4) is 0 Å². The minimum atomic E-state index is -0.347. The van der Waals surface area contributed by atoms with Crippen molar-refractivity contribution in [3.8, 4) is 0 Å². The van der Waals surface area contributed by atoms with Gasteiger partial charge in [0.25, 0.3) is 5.69 Å². The lowest BCUT2D eigenvalue weighted by Crippen LogP contribution is -2.27. The third-order valence-electron chi connectivity index (χ3n) is 3.43. The molecule has 0 aromatic heterocycles. The van der Waals surface area contributed by atoms with Crippen LogP contribution >= 0.6 is 22.6 Å². The van der Waals surface area contributed by atoms with E-state index in [1.54, 1.807) is 12.1 Å². The third-order valence-corrected chi connectivity index (χ3v) is 4.10. The SMILES string of the molecule is CC(C)(CNc1ccc(I)cc1[N+](=O)[O-])c1ccccc1. The van der Waals surface area contributed by atoms with E-state index < -0.39 is 0 Å². The van der Waals surface area contributed by atoms with E-state index in [0.29, 0.717) is 12.2 Å². The van der Waals surface area contributed by atoms with Crippen LogP contribution in [0.15, 0.2) is 48.5 Å². The predicted molar refractivity (Wildman–Crippen MR) is 93.8 cm³/mol. The molecule has 2 aromatic carbocycles.